The van der Waals surface area contributed by atoms with E-state index in [1.54, 1.807) is 13.8 Å². The summed E-state index contributed by atoms with van der Waals surface area (Å²) in [5.74, 6) is -5.34. The molecule has 7 N–H and O–H groups in total. The van der Waals surface area contributed by atoms with Gasteiger partial charge in [0.2, 0.25) is 17.7 Å². The molecule has 11 nitrogen and oxygen atoms in total. The SMILES string of the molecule is CC(C)C(NC(=O)C(CC(=O)O)NC(=O)CN)C(=O)NCC(=O)O. The van der Waals surface area contributed by atoms with Crippen molar-refractivity contribution in [3.63, 3.8) is 0 Å². The van der Waals surface area contributed by atoms with Gasteiger partial charge in [-0.25, -0.2) is 0 Å². The Morgan fingerprint density at radius 3 is 1.96 bits per heavy atom. The summed E-state index contributed by atoms with van der Waals surface area (Å²) < 4.78 is 0. The molecular weight excluding hydrogens is 324 g/mol. The molecule has 0 aliphatic rings. The quantitative estimate of drug-likeness (QED) is 0.245. The van der Waals surface area contributed by atoms with Gasteiger partial charge >= 0.3 is 11.9 Å². The molecule has 3 amide bonds. The van der Waals surface area contributed by atoms with Crippen LogP contribution in [0.3, 0.4) is 0 Å². The van der Waals surface area contributed by atoms with Gasteiger partial charge in [-0.15, -0.1) is 0 Å². The third-order valence-electron chi connectivity index (χ3n) is 2.88. The molecule has 0 aliphatic heterocycles. The number of carbonyl (C=O) groups is 5. The normalized spacial score (nSPS) is 12.8. The fraction of sp³-hybridized carbons (Fsp3) is 0.615. The van der Waals surface area contributed by atoms with Crippen molar-refractivity contribution in [3.05, 3.63) is 0 Å². The minimum absolute atomic E-state index is 0.404. The van der Waals surface area contributed by atoms with Crippen LogP contribution in [-0.2, 0) is 24.0 Å². The Morgan fingerprint density at radius 1 is 0.958 bits per heavy atom. The molecule has 0 saturated carbocycles. The van der Waals surface area contributed by atoms with Crippen LogP contribution in [0.15, 0.2) is 0 Å². The molecule has 11 heteroatoms. The Kier molecular flexibility index (Phi) is 9.02. The van der Waals surface area contributed by atoms with Crippen molar-refractivity contribution in [2.24, 2.45) is 11.7 Å². The standard InChI is InChI=1S/C13H22N4O7/c1-6(2)11(13(24)15-5-10(21)22)17-12(23)7(3-9(19)20)16-8(18)4-14/h6-7,11H,3-5,14H2,1-2H3,(H,15,24)(H,16,18)(H,17,23)(H,19,20)(H,21,22). The van der Waals surface area contributed by atoms with Crippen LogP contribution in [0.25, 0.3) is 0 Å². The summed E-state index contributed by atoms with van der Waals surface area (Å²) >= 11 is 0. The third kappa shape index (κ3) is 8.08. The van der Waals surface area contributed by atoms with Gasteiger partial charge in [0.25, 0.3) is 0 Å². The van der Waals surface area contributed by atoms with Gasteiger partial charge in [0.15, 0.2) is 0 Å². The molecular formula is C13H22N4O7. The van der Waals surface area contributed by atoms with Crippen molar-refractivity contribution in [1.29, 1.82) is 0 Å². The number of hydrogen-bond donors (Lipinski definition) is 6. The van der Waals surface area contributed by atoms with E-state index < -0.39 is 67.2 Å². The van der Waals surface area contributed by atoms with Crippen molar-refractivity contribution < 1.29 is 34.2 Å². The Labute approximate surface area is 138 Å². The summed E-state index contributed by atoms with van der Waals surface area (Å²) in [7, 11) is 0. The van der Waals surface area contributed by atoms with Gasteiger partial charge in [0.05, 0.1) is 13.0 Å². The second kappa shape index (κ2) is 10.2. The summed E-state index contributed by atoms with van der Waals surface area (Å²) in [5, 5.41) is 23.9. The molecule has 0 heterocycles. The van der Waals surface area contributed by atoms with E-state index in [1.807, 2.05) is 0 Å². The largest absolute Gasteiger partial charge is 0.481 e. The predicted octanol–water partition coefficient (Wildman–Crippen LogP) is -2.75. The van der Waals surface area contributed by atoms with Crippen LogP contribution in [0, 0.1) is 5.92 Å². The van der Waals surface area contributed by atoms with Gasteiger partial charge in [0, 0.05) is 0 Å². The lowest BCUT2D eigenvalue weighted by Crippen LogP contribution is -2.56. The number of amides is 3. The lowest BCUT2D eigenvalue weighted by atomic mass is 10.0. The third-order valence-corrected chi connectivity index (χ3v) is 2.88. The highest BCUT2D eigenvalue weighted by Gasteiger charge is 2.29. The smallest absolute Gasteiger partial charge is 0.322 e. The minimum atomic E-state index is -1.41. The summed E-state index contributed by atoms with van der Waals surface area (Å²) in [4.78, 5) is 56.7. The molecule has 0 aromatic carbocycles. The first-order chi connectivity index (χ1) is 11.1. The summed E-state index contributed by atoms with van der Waals surface area (Å²) in [5.41, 5.74) is 5.11. The molecule has 0 aromatic heterocycles. The van der Waals surface area contributed by atoms with Crippen molar-refractivity contribution >= 4 is 29.7 Å². The summed E-state index contributed by atoms with van der Waals surface area (Å²) in [6.07, 6.45) is -0.695. The number of nitrogens with one attached hydrogen (secondary N) is 3. The fourth-order valence-electron chi connectivity index (χ4n) is 1.70. The first kappa shape index (κ1) is 21.3. The molecule has 24 heavy (non-hydrogen) atoms. The van der Waals surface area contributed by atoms with Crippen LogP contribution in [0.2, 0.25) is 0 Å². The van der Waals surface area contributed by atoms with Crippen LogP contribution in [0.4, 0.5) is 0 Å². The van der Waals surface area contributed by atoms with Crippen LogP contribution in [-0.4, -0.2) is 65.0 Å². The molecule has 0 rings (SSSR count). The number of carboxylic acids is 2. The first-order valence-corrected chi connectivity index (χ1v) is 7.09. The molecule has 0 aliphatic carbocycles. The maximum Gasteiger partial charge on any atom is 0.322 e. The van der Waals surface area contributed by atoms with Crippen molar-refractivity contribution in [2.75, 3.05) is 13.1 Å². The Hall–Kier alpha value is -2.69. The first-order valence-electron chi connectivity index (χ1n) is 7.09. The Balaban J connectivity index is 5.03. The molecule has 136 valence electrons. The Bertz CT molecular complexity index is 507. The minimum Gasteiger partial charge on any atom is -0.481 e. The second-order valence-corrected chi connectivity index (χ2v) is 5.26. The van der Waals surface area contributed by atoms with Gasteiger partial charge in [-0.05, 0) is 5.92 Å². The van der Waals surface area contributed by atoms with E-state index in [0.29, 0.717) is 0 Å². The van der Waals surface area contributed by atoms with Gasteiger partial charge in [0.1, 0.15) is 18.6 Å². The number of hydrogen-bond acceptors (Lipinski definition) is 6. The van der Waals surface area contributed by atoms with Crippen molar-refractivity contribution in [1.82, 2.24) is 16.0 Å². The number of carboxylic acid groups (broad SMARTS) is 2. The molecule has 0 fully saturated rings. The highest BCUT2D eigenvalue weighted by molar-refractivity contribution is 5.94. The maximum absolute atomic E-state index is 12.2. The number of rotatable bonds is 10. The predicted molar refractivity (Wildman–Crippen MR) is 80.7 cm³/mol. The topological polar surface area (TPSA) is 188 Å². The zero-order valence-corrected chi connectivity index (χ0v) is 13.4. The van der Waals surface area contributed by atoms with Crippen LogP contribution < -0.4 is 21.7 Å². The van der Waals surface area contributed by atoms with Crippen LogP contribution in [0.1, 0.15) is 20.3 Å². The van der Waals surface area contributed by atoms with E-state index >= 15 is 0 Å². The summed E-state index contributed by atoms with van der Waals surface area (Å²) in [6, 6.07) is -2.50. The lowest BCUT2D eigenvalue weighted by molar-refractivity contribution is -0.141. The average Bonchev–Trinajstić information content (AvgIpc) is 2.48. The van der Waals surface area contributed by atoms with E-state index in [-0.39, 0.29) is 0 Å². The second-order valence-electron chi connectivity index (χ2n) is 5.26. The van der Waals surface area contributed by atoms with E-state index in [9.17, 15) is 24.0 Å². The van der Waals surface area contributed by atoms with E-state index in [4.69, 9.17) is 15.9 Å². The lowest BCUT2D eigenvalue weighted by Gasteiger charge is -2.24. The zero-order valence-electron chi connectivity index (χ0n) is 13.4. The molecule has 0 spiro atoms. The monoisotopic (exact) mass is 346 g/mol. The number of carbonyl (C=O) groups excluding carboxylic acids is 3. The van der Waals surface area contributed by atoms with Crippen LogP contribution in [0.5, 0.6) is 0 Å². The van der Waals surface area contributed by atoms with Gasteiger partial charge < -0.3 is 31.9 Å². The molecule has 0 aromatic rings. The van der Waals surface area contributed by atoms with E-state index in [1.165, 1.54) is 0 Å². The highest BCUT2D eigenvalue weighted by atomic mass is 16.4. The molecule has 0 bridgehead atoms. The zero-order chi connectivity index (χ0) is 18.9. The number of nitrogens with two attached hydrogens (primary N) is 1. The van der Waals surface area contributed by atoms with E-state index in [2.05, 4.69) is 16.0 Å². The maximum atomic E-state index is 12.2. The summed E-state index contributed by atoms with van der Waals surface area (Å²) in [6.45, 7) is 2.16. The molecule has 0 radical (unpaired) electrons. The van der Waals surface area contributed by atoms with Crippen molar-refractivity contribution in [2.45, 2.75) is 32.4 Å². The van der Waals surface area contributed by atoms with Crippen LogP contribution >= 0.6 is 0 Å². The van der Waals surface area contributed by atoms with Gasteiger partial charge in [-0.3, -0.25) is 24.0 Å². The number of aliphatic carboxylic acids is 2. The highest BCUT2D eigenvalue weighted by Crippen LogP contribution is 2.04. The van der Waals surface area contributed by atoms with Gasteiger partial charge in [-0.1, -0.05) is 13.8 Å². The molecule has 2 unspecified atom stereocenters. The Morgan fingerprint density at radius 2 is 1.54 bits per heavy atom. The molecule has 2 atom stereocenters. The van der Waals surface area contributed by atoms with E-state index in [0.717, 1.165) is 0 Å². The van der Waals surface area contributed by atoms with Crippen molar-refractivity contribution in [3.8, 4) is 0 Å². The fourth-order valence-corrected chi connectivity index (χ4v) is 1.70. The average molecular weight is 346 g/mol. The van der Waals surface area contributed by atoms with Gasteiger partial charge in [-0.2, -0.15) is 0 Å². The molecule has 0 saturated heterocycles.